The number of nitrogens with one attached hydrogen (secondary N) is 2. The van der Waals surface area contributed by atoms with E-state index in [1.807, 2.05) is 42.5 Å². The van der Waals surface area contributed by atoms with Gasteiger partial charge < -0.3 is 22.1 Å². The van der Waals surface area contributed by atoms with Crippen LogP contribution in [0.3, 0.4) is 0 Å². The highest BCUT2D eigenvalue weighted by molar-refractivity contribution is 5.89. The van der Waals surface area contributed by atoms with Gasteiger partial charge in [0.2, 0.25) is 17.7 Å². The predicted molar refractivity (Wildman–Crippen MR) is 90.8 cm³/mol. The fourth-order valence-electron chi connectivity index (χ4n) is 2.26. The molecule has 0 saturated carbocycles. The summed E-state index contributed by atoms with van der Waals surface area (Å²) in [5.74, 6) is -1.58. The van der Waals surface area contributed by atoms with Crippen LogP contribution in [0.2, 0.25) is 0 Å². The van der Waals surface area contributed by atoms with E-state index in [1.54, 1.807) is 0 Å². The second-order valence-electron chi connectivity index (χ2n) is 5.45. The summed E-state index contributed by atoms with van der Waals surface area (Å²) < 4.78 is 0. The van der Waals surface area contributed by atoms with Crippen molar-refractivity contribution >= 4 is 28.5 Å². The van der Waals surface area contributed by atoms with Crippen LogP contribution in [0, 0.1) is 0 Å². The van der Waals surface area contributed by atoms with E-state index in [0.717, 1.165) is 16.3 Å². The third-order valence-electron chi connectivity index (χ3n) is 3.49. The molecule has 0 heterocycles. The summed E-state index contributed by atoms with van der Waals surface area (Å²) in [6, 6.07) is 13.0. The first kappa shape index (κ1) is 17.4. The first-order valence-corrected chi connectivity index (χ1v) is 7.51. The number of rotatable bonds is 7. The maximum Gasteiger partial charge on any atom is 0.239 e. The summed E-state index contributed by atoms with van der Waals surface area (Å²) in [4.78, 5) is 33.9. The Labute approximate surface area is 139 Å². The van der Waals surface area contributed by atoms with Gasteiger partial charge >= 0.3 is 0 Å². The number of primary amides is 1. The zero-order valence-corrected chi connectivity index (χ0v) is 13.1. The number of nitrogens with two attached hydrogens (primary N) is 2. The van der Waals surface area contributed by atoms with Crippen molar-refractivity contribution in [3.63, 3.8) is 0 Å². The van der Waals surface area contributed by atoms with Crippen LogP contribution in [0.5, 0.6) is 0 Å². The predicted octanol–water partition coefficient (Wildman–Crippen LogP) is -0.573. The first-order valence-electron chi connectivity index (χ1n) is 7.51. The van der Waals surface area contributed by atoms with E-state index in [4.69, 9.17) is 11.5 Å². The van der Waals surface area contributed by atoms with Crippen LogP contribution in [-0.2, 0) is 20.8 Å². The fourth-order valence-corrected chi connectivity index (χ4v) is 2.26. The number of benzene rings is 2. The van der Waals surface area contributed by atoms with Gasteiger partial charge in [0.1, 0.15) is 0 Å². The highest BCUT2D eigenvalue weighted by atomic mass is 16.2. The maximum absolute atomic E-state index is 11.9. The van der Waals surface area contributed by atoms with Gasteiger partial charge in [-0.05, 0) is 22.8 Å². The van der Waals surface area contributed by atoms with Crippen LogP contribution in [0.25, 0.3) is 10.8 Å². The molecule has 3 amide bonds. The minimum atomic E-state index is -0.768. The number of hydrogen-bond acceptors (Lipinski definition) is 4. The van der Waals surface area contributed by atoms with Crippen LogP contribution in [0.15, 0.2) is 42.5 Å². The summed E-state index contributed by atoms with van der Waals surface area (Å²) in [5.41, 5.74) is 11.7. The van der Waals surface area contributed by atoms with Crippen molar-refractivity contribution < 1.29 is 14.4 Å². The molecule has 0 aliphatic rings. The van der Waals surface area contributed by atoms with Crippen molar-refractivity contribution in [2.45, 2.75) is 12.5 Å². The fraction of sp³-hybridized carbons (Fsp3) is 0.235. The molecule has 1 atom stereocenters. The lowest BCUT2D eigenvalue weighted by atomic mass is 10.0. The van der Waals surface area contributed by atoms with Gasteiger partial charge in [-0.15, -0.1) is 0 Å². The highest BCUT2D eigenvalue weighted by Crippen LogP contribution is 2.16. The Bertz CT molecular complexity index is 760. The van der Waals surface area contributed by atoms with E-state index >= 15 is 0 Å². The molecule has 0 unspecified atom stereocenters. The molecule has 126 valence electrons. The summed E-state index contributed by atoms with van der Waals surface area (Å²) in [5, 5.41) is 6.91. The molecule has 0 bridgehead atoms. The zero-order valence-electron chi connectivity index (χ0n) is 13.1. The topological polar surface area (TPSA) is 127 Å². The Kier molecular flexibility index (Phi) is 5.86. The lowest BCUT2D eigenvalue weighted by Gasteiger charge is -2.12. The summed E-state index contributed by atoms with van der Waals surface area (Å²) in [7, 11) is 0. The van der Waals surface area contributed by atoms with Crippen molar-refractivity contribution in [1.82, 2.24) is 10.6 Å². The number of carbonyl (C=O) groups is 3. The molecular weight excluding hydrogens is 308 g/mol. The van der Waals surface area contributed by atoms with Gasteiger partial charge in [0.05, 0.1) is 19.1 Å². The monoisotopic (exact) mass is 328 g/mol. The van der Waals surface area contributed by atoms with E-state index < -0.39 is 23.8 Å². The largest absolute Gasteiger partial charge is 0.368 e. The molecule has 2 rings (SSSR count). The van der Waals surface area contributed by atoms with Gasteiger partial charge in [-0.25, -0.2) is 0 Å². The number of hydrogen-bond donors (Lipinski definition) is 4. The molecule has 0 saturated heterocycles. The molecule has 0 spiro atoms. The average molecular weight is 328 g/mol. The van der Waals surface area contributed by atoms with Crippen molar-refractivity contribution in [3.05, 3.63) is 48.0 Å². The first-order chi connectivity index (χ1) is 11.5. The molecule has 0 aliphatic heterocycles. The van der Waals surface area contributed by atoms with Crippen LogP contribution in [-0.4, -0.2) is 36.9 Å². The Morgan fingerprint density at radius 2 is 1.67 bits per heavy atom. The smallest absolute Gasteiger partial charge is 0.239 e. The van der Waals surface area contributed by atoms with Crippen LogP contribution in [0.1, 0.15) is 5.56 Å². The molecule has 2 aromatic rings. The lowest BCUT2D eigenvalue weighted by Crippen LogP contribution is -2.46. The molecule has 0 radical (unpaired) electrons. The summed E-state index contributed by atoms with van der Waals surface area (Å²) in [6.45, 7) is -0.518. The zero-order chi connectivity index (χ0) is 17.5. The molecule has 0 fully saturated rings. The van der Waals surface area contributed by atoms with Crippen LogP contribution < -0.4 is 22.1 Å². The second kappa shape index (κ2) is 8.07. The Morgan fingerprint density at radius 1 is 0.958 bits per heavy atom. The lowest BCUT2D eigenvalue weighted by molar-refractivity contribution is -0.127. The van der Waals surface area contributed by atoms with Crippen LogP contribution in [0.4, 0.5) is 0 Å². The molecule has 6 N–H and O–H groups in total. The third kappa shape index (κ3) is 5.06. The maximum atomic E-state index is 11.9. The standard InChI is InChI=1S/C17H20N4O3/c18-14(17(24)21-10-16(23)20-9-15(19)22)8-11-5-6-12-3-1-2-4-13(12)7-11/h1-7,14H,8-10,18H2,(H2,19,22)(H,20,23)(H,21,24)/t14-/m0/s1. The molecule has 24 heavy (non-hydrogen) atoms. The van der Waals surface area contributed by atoms with Crippen molar-refractivity contribution in [2.75, 3.05) is 13.1 Å². The molecule has 7 nitrogen and oxygen atoms in total. The normalized spacial score (nSPS) is 11.7. The highest BCUT2D eigenvalue weighted by Gasteiger charge is 2.15. The van der Waals surface area contributed by atoms with E-state index in [-0.39, 0.29) is 13.1 Å². The van der Waals surface area contributed by atoms with Crippen molar-refractivity contribution in [1.29, 1.82) is 0 Å². The summed E-state index contributed by atoms with van der Waals surface area (Å²) >= 11 is 0. The quantitative estimate of drug-likeness (QED) is 0.542. The van der Waals surface area contributed by atoms with Gasteiger partial charge in [0.25, 0.3) is 0 Å². The summed E-state index contributed by atoms with van der Waals surface area (Å²) in [6.07, 6.45) is 0.361. The Balaban J connectivity index is 1.86. The number of amides is 3. The molecule has 2 aromatic carbocycles. The minimum Gasteiger partial charge on any atom is -0.368 e. The van der Waals surface area contributed by atoms with Crippen LogP contribution >= 0.6 is 0 Å². The van der Waals surface area contributed by atoms with Gasteiger partial charge in [-0.3, -0.25) is 14.4 Å². The van der Waals surface area contributed by atoms with Gasteiger partial charge in [-0.1, -0.05) is 42.5 Å². The third-order valence-corrected chi connectivity index (χ3v) is 3.49. The Hall–Kier alpha value is -2.93. The van der Waals surface area contributed by atoms with Crippen molar-refractivity contribution in [2.24, 2.45) is 11.5 Å². The molecular formula is C17H20N4O3. The number of carbonyl (C=O) groups excluding carboxylic acids is 3. The van der Waals surface area contributed by atoms with E-state index in [2.05, 4.69) is 10.6 Å². The van der Waals surface area contributed by atoms with E-state index in [1.165, 1.54) is 0 Å². The molecule has 0 aromatic heterocycles. The molecule has 0 aliphatic carbocycles. The van der Waals surface area contributed by atoms with E-state index in [0.29, 0.717) is 6.42 Å². The SMILES string of the molecule is NC(=O)CNC(=O)CNC(=O)[C@@H](N)Cc1ccc2ccccc2c1. The minimum absolute atomic E-state index is 0.252. The van der Waals surface area contributed by atoms with E-state index in [9.17, 15) is 14.4 Å². The van der Waals surface area contributed by atoms with Gasteiger partial charge in [0.15, 0.2) is 0 Å². The van der Waals surface area contributed by atoms with Gasteiger partial charge in [0, 0.05) is 0 Å². The van der Waals surface area contributed by atoms with Gasteiger partial charge in [-0.2, -0.15) is 0 Å². The van der Waals surface area contributed by atoms with Crippen molar-refractivity contribution in [3.8, 4) is 0 Å². The number of fused-ring (bicyclic) bond motifs is 1. The molecule has 7 heteroatoms. The Morgan fingerprint density at radius 3 is 2.38 bits per heavy atom. The second-order valence-corrected chi connectivity index (χ2v) is 5.45. The average Bonchev–Trinajstić information content (AvgIpc) is 2.57.